The number of ether oxygens (including phenoxy) is 1. The zero-order valence-corrected chi connectivity index (χ0v) is 11.6. The molecule has 2 heterocycles. The van der Waals surface area contributed by atoms with E-state index in [1.54, 1.807) is 12.1 Å². The van der Waals surface area contributed by atoms with Gasteiger partial charge in [0.25, 0.3) is 0 Å². The summed E-state index contributed by atoms with van der Waals surface area (Å²) in [5, 5.41) is 11.1. The Kier molecular flexibility index (Phi) is 4.93. The third kappa shape index (κ3) is 3.54. The van der Waals surface area contributed by atoms with Crippen molar-refractivity contribution in [2.75, 3.05) is 31.2 Å². The molecule has 104 valence electrons. The van der Waals surface area contributed by atoms with E-state index >= 15 is 0 Å². The van der Waals surface area contributed by atoms with Crippen LogP contribution in [0.4, 0.5) is 5.82 Å². The standard InChI is InChI=1S/C12H17ClN4O2/c1-2-5-14-12(18)9-8-19-7-6-17(9)11-4-3-10(13)15-16-11/h3-4,9H,2,5-8H2,1H3,(H,14,18). The van der Waals surface area contributed by atoms with Gasteiger partial charge in [0.2, 0.25) is 5.91 Å². The van der Waals surface area contributed by atoms with E-state index in [4.69, 9.17) is 16.3 Å². The Morgan fingerprint density at radius 1 is 1.58 bits per heavy atom. The van der Waals surface area contributed by atoms with Gasteiger partial charge in [-0.1, -0.05) is 18.5 Å². The van der Waals surface area contributed by atoms with Gasteiger partial charge in [-0.05, 0) is 18.6 Å². The van der Waals surface area contributed by atoms with Crippen molar-refractivity contribution in [3.05, 3.63) is 17.3 Å². The molecule has 0 saturated carbocycles. The van der Waals surface area contributed by atoms with E-state index < -0.39 is 0 Å². The maximum absolute atomic E-state index is 12.1. The number of nitrogens with zero attached hydrogens (tertiary/aromatic N) is 3. The maximum Gasteiger partial charge on any atom is 0.245 e. The fourth-order valence-electron chi connectivity index (χ4n) is 1.92. The molecular weight excluding hydrogens is 268 g/mol. The summed E-state index contributed by atoms with van der Waals surface area (Å²) in [6.45, 7) is 4.22. The molecule has 1 aliphatic heterocycles. The summed E-state index contributed by atoms with van der Waals surface area (Å²) in [4.78, 5) is 14.0. The van der Waals surface area contributed by atoms with Crippen molar-refractivity contribution in [1.82, 2.24) is 15.5 Å². The van der Waals surface area contributed by atoms with E-state index in [0.29, 0.717) is 37.3 Å². The minimum Gasteiger partial charge on any atom is -0.377 e. The monoisotopic (exact) mass is 284 g/mol. The van der Waals surface area contributed by atoms with Crippen LogP contribution in [0.1, 0.15) is 13.3 Å². The zero-order valence-electron chi connectivity index (χ0n) is 10.8. The predicted molar refractivity (Wildman–Crippen MR) is 72.3 cm³/mol. The van der Waals surface area contributed by atoms with E-state index in [1.165, 1.54) is 0 Å². The minimum absolute atomic E-state index is 0.0432. The molecule has 0 spiro atoms. The van der Waals surface area contributed by atoms with Gasteiger partial charge in [-0.3, -0.25) is 4.79 Å². The molecule has 1 aromatic rings. The van der Waals surface area contributed by atoms with Crippen LogP contribution >= 0.6 is 11.6 Å². The van der Waals surface area contributed by atoms with Gasteiger partial charge < -0.3 is 15.0 Å². The topological polar surface area (TPSA) is 67.3 Å². The van der Waals surface area contributed by atoms with Crippen molar-refractivity contribution < 1.29 is 9.53 Å². The van der Waals surface area contributed by atoms with Crippen molar-refractivity contribution in [3.63, 3.8) is 0 Å². The second kappa shape index (κ2) is 6.68. The molecule has 1 fully saturated rings. The summed E-state index contributed by atoms with van der Waals surface area (Å²) in [5.74, 6) is 0.600. The molecule has 0 aromatic carbocycles. The number of nitrogens with one attached hydrogen (secondary N) is 1. The quantitative estimate of drug-likeness (QED) is 0.888. The van der Waals surface area contributed by atoms with Crippen LogP contribution in [-0.4, -0.2) is 48.4 Å². The number of morpholine rings is 1. The Balaban J connectivity index is 2.11. The molecule has 0 bridgehead atoms. The van der Waals surface area contributed by atoms with Gasteiger partial charge in [0.05, 0.1) is 13.2 Å². The number of aromatic nitrogens is 2. The number of anilines is 1. The molecule has 7 heteroatoms. The summed E-state index contributed by atoms with van der Waals surface area (Å²) in [6.07, 6.45) is 0.903. The summed E-state index contributed by atoms with van der Waals surface area (Å²) in [6, 6.07) is 3.07. The molecule has 1 N–H and O–H groups in total. The third-order valence-corrected chi connectivity index (χ3v) is 3.09. The van der Waals surface area contributed by atoms with Gasteiger partial charge in [-0.2, -0.15) is 0 Å². The van der Waals surface area contributed by atoms with Crippen LogP contribution in [0.3, 0.4) is 0 Å². The lowest BCUT2D eigenvalue weighted by molar-refractivity contribution is -0.124. The zero-order chi connectivity index (χ0) is 13.7. The van der Waals surface area contributed by atoms with Crippen molar-refractivity contribution >= 4 is 23.3 Å². The van der Waals surface area contributed by atoms with Crippen LogP contribution in [-0.2, 0) is 9.53 Å². The first kappa shape index (κ1) is 14.0. The van der Waals surface area contributed by atoms with E-state index in [9.17, 15) is 4.79 Å². The average Bonchev–Trinajstić information content (AvgIpc) is 2.45. The molecule has 1 aliphatic rings. The van der Waals surface area contributed by atoms with Crippen molar-refractivity contribution in [3.8, 4) is 0 Å². The predicted octanol–water partition coefficient (Wildman–Crippen LogP) is 0.861. The molecular formula is C12H17ClN4O2. The highest BCUT2D eigenvalue weighted by atomic mass is 35.5. The molecule has 6 nitrogen and oxygen atoms in total. The Morgan fingerprint density at radius 2 is 2.42 bits per heavy atom. The fraction of sp³-hybridized carbons (Fsp3) is 0.583. The van der Waals surface area contributed by atoms with Crippen LogP contribution in [0.15, 0.2) is 12.1 Å². The fourth-order valence-corrected chi connectivity index (χ4v) is 2.02. The Labute approximate surface area is 117 Å². The van der Waals surface area contributed by atoms with Crippen LogP contribution in [0.2, 0.25) is 5.15 Å². The number of carbonyl (C=O) groups is 1. The van der Waals surface area contributed by atoms with Crippen LogP contribution in [0.25, 0.3) is 0 Å². The number of carbonyl (C=O) groups excluding carboxylic acids is 1. The van der Waals surface area contributed by atoms with Gasteiger partial charge in [-0.15, -0.1) is 10.2 Å². The number of halogens is 1. The second-order valence-corrected chi connectivity index (χ2v) is 4.68. The van der Waals surface area contributed by atoms with Crippen molar-refractivity contribution in [1.29, 1.82) is 0 Å². The molecule has 2 rings (SSSR count). The first-order valence-corrected chi connectivity index (χ1v) is 6.71. The van der Waals surface area contributed by atoms with E-state index in [2.05, 4.69) is 15.5 Å². The third-order valence-electron chi connectivity index (χ3n) is 2.89. The maximum atomic E-state index is 12.1. The minimum atomic E-state index is -0.365. The lowest BCUT2D eigenvalue weighted by Gasteiger charge is -2.35. The van der Waals surface area contributed by atoms with Crippen LogP contribution in [0.5, 0.6) is 0 Å². The molecule has 1 unspecified atom stereocenters. The largest absolute Gasteiger partial charge is 0.377 e. The van der Waals surface area contributed by atoms with Gasteiger partial charge in [0.1, 0.15) is 6.04 Å². The lowest BCUT2D eigenvalue weighted by Crippen LogP contribution is -2.54. The summed E-state index contributed by atoms with van der Waals surface area (Å²) >= 11 is 5.72. The van der Waals surface area contributed by atoms with Gasteiger partial charge in [0, 0.05) is 13.1 Å². The molecule has 0 radical (unpaired) electrons. The highest BCUT2D eigenvalue weighted by Crippen LogP contribution is 2.17. The normalized spacial score (nSPS) is 19.3. The molecule has 1 saturated heterocycles. The Bertz CT molecular complexity index is 426. The average molecular weight is 285 g/mol. The van der Waals surface area contributed by atoms with E-state index in [1.807, 2.05) is 11.8 Å². The van der Waals surface area contributed by atoms with Gasteiger partial charge >= 0.3 is 0 Å². The molecule has 19 heavy (non-hydrogen) atoms. The first-order chi connectivity index (χ1) is 9.22. The van der Waals surface area contributed by atoms with Gasteiger partial charge in [0.15, 0.2) is 11.0 Å². The Morgan fingerprint density at radius 3 is 3.11 bits per heavy atom. The van der Waals surface area contributed by atoms with E-state index in [-0.39, 0.29) is 11.9 Å². The SMILES string of the molecule is CCCNC(=O)C1COCCN1c1ccc(Cl)nn1. The van der Waals surface area contributed by atoms with Gasteiger partial charge in [-0.25, -0.2) is 0 Å². The van der Waals surface area contributed by atoms with Crippen LogP contribution < -0.4 is 10.2 Å². The smallest absolute Gasteiger partial charge is 0.245 e. The summed E-state index contributed by atoms with van der Waals surface area (Å²) < 4.78 is 5.38. The van der Waals surface area contributed by atoms with Crippen molar-refractivity contribution in [2.45, 2.75) is 19.4 Å². The number of hydrogen-bond donors (Lipinski definition) is 1. The second-order valence-electron chi connectivity index (χ2n) is 4.29. The molecule has 1 aromatic heterocycles. The lowest BCUT2D eigenvalue weighted by atomic mass is 10.2. The summed E-state index contributed by atoms with van der Waals surface area (Å²) in [7, 11) is 0. The highest BCUT2D eigenvalue weighted by Gasteiger charge is 2.30. The molecule has 0 aliphatic carbocycles. The first-order valence-electron chi connectivity index (χ1n) is 6.33. The molecule has 1 amide bonds. The van der Waals surface area contributed by atoms with E-state index in [0.717, 1.165) is 6.42 Å². The number of hydrogen-bond acceptors (Lipinski definition) is 5. The highest BCUT2D eigenvalue weighted by molar-refractivity contribution is 6.29. The van der Waals surface area contributed by atoms with Crippen LogP contribution in [0, 0.1) is 0 Å². The summed E-state index contributed by atoms with van der Waals surface area (Å²) in [5.41, 5.74) is 0. The van der Waals surface area contributed by atoms with Crippen molar-refractivity contribution in [2.24, 2.45) is 0 Å². The molecule has 1 atom stereocenters. The number of rotatable bonds is 4. The Hall–Kier alpha value is -1.40. The number of amides is 1.